The molecule has 0 saturated carbocycles. The van der Waals surface area contributed by atoms with Gasteiger partial charge in [-0.15, -0.1) is 0 Å². The molecule has 0 amide bonds. The lowest BCUT2D eigenvalue weighted by molar-refractivity contribution is 0.620. The molecule has 9 aromatic carbocycles. The van der Waals surface area contributed by atoms with E-state index in [0.29, 0.717) is 5.89 Å². The van der Waals surface area contributed by atoms with Crippen LogP contribution in [-0.4, -0.2) is 4.98 Å². The zero-order chi connectivity index (χ0) is 36.3. The number of furan rings is 1. The van der Waals surface area contributed by atoms with Crippen LogP contribution in [0.3, 0.4) is 0 Å². The summed E-state index contributed by atoms with van der Waals surface area (Å²) >= 11 is 0. The molecule has 0 radical (unpaired) electrons. The fourth-order valence-electron chi connectivity index (χ4n) is 7.93. The van der Waals surface area contributed by atoms with E-state index in [9.17, 15) is 0 Å². The van der Waals surface area contributed by atoms with E-state index in [0.717, 1.165) is 66.8 Å². The van der Waals surface area contributed by atoms with Crippen LogP contribution in [0, 0.1) is 0 Å². The Morgan fingerprint density at radius 2 is 0.964 bits per heavy atom. The number of rotatable bonds is 6. The molecule has 2 heterocycles. The summed E-state index contributed by atoms with van der Waals surface area (Å²) in [4.78, 5) is 7.10. The van der Waals surface area contributed by atoms with Crippen LogP contribution >= 0.6 is 0 Å². The fourth-order valence-corrected chi connectivity index (χ4v) is 7.93. The van der Waals surface area contributed by atoms with Crippen LogP contribution < -0.4 is 4.90 Å². The molecule has 11 rings (SSSR count). The van der Waals surface area contributed by atoms with Gasteiger partial charge >= 0.3 is 0 Å². The maximum absolute atomic E-state index is 6.32. The number of nitrogens with zero attached hydrogens (tertiary/aromatic N) is 2. The molecule has 0 unspecified atom stereocenters. The standard InChI is InChI=1S/C51H32N2O2/c1-3-10-33(11-4-1)37-15-9-16-41(28-37)53(42-25-26-44-39(29-42)19-18-35-12-7-8-17-43(35)44)40-23-20-34(21-24-40)38-22-27-48-45(30-38)46-31-50-47(32-49(46)54-48)52-51(55-50)36-13-5-2-6-14-36/h1-32H. The lowest BCUT2D eigenvalue weighted by Gasteiger charge is -2.27. The lowest BCUT2D eigenvalue weighted by atomic mass is 10.00. The van der Waals surface area contributed by atoms with Crippen LogP contribution in [0.2, 0.25) is 0 Å². The van der Waals surface area contributed by atoms with E-state index in [-0.39, 0.29) is 0 Å². The van der Waals surface area contributed by atoms with Crippen molar-refractivity contribution in [3.8, 4) is 33.7 Å². The summed E-state index contributed by atoms with van der Waals surface area (Å²) in [6.45, 7) is 0. The van der Waals surface area contributed by atoms with Crippen molar-refractivity contribution >= 4 is 71.6 Å². The van der Waals surface area contributed by atoms with E-state index < -0.39 is 0 Å². The highest BCUT2D eigenvalue weighted by Gasteiger charge is 2.17. The number of oxazole rings is 1. The van der Waals surface area contributed by atoms with Gasteiger partial charge in [0.1, 0.15) is 16.7 Å². The van der Waals surface area contributed by atoms with Crippen LogP contribution in [0.25, 0.3) is 88.3 Å². The summed E-state index contributed by atoms with van der Waals surface area (Å²) in [6, 6.07) is 68.5. The van der Waals surface area contributed by atoms with Crippen molar-refractivity contribution in [1.82, 2.24) is 4.98 Å². The molecule has 0 aliphatic heterocycles. The van der Waals surface area contributed by atoms with Crippen LogP contribution in [0.5, 0.6) is 0 Å². The summed E-state index contributed by atoms with van der Waals surface area (Å²) in [6.07, 6.45) is 0. The Labute approximate surface area is 317 Å². The number of aromatic nitrogens is 1. The van der Waals surface area contributed by atoms with E-state index in [4.69, 9.17) is 13.8 Å². The number of benzene rings is 9. The molecule has 0 bridgehead atoms. The van der Waals surface area contributed by atoms with Crippen LogP contribution in [0.1, 0.15) is 0 Å². The second-order valence-corrected chi connectivity index (χ2v) is 14.0. The van der Waals surface area contributed by atoms with E-state index in [1.165, 1.54) is 32.7 Å². The lowest BCUT2D eigenvalue weighted by Crippen LogP contribution is -2.10. The first kappa shape index (κ1) is 31.1. The highest BCUT2D eigenvalue weighted by molar-refractivity contribution is 6.10. The van der Waals surface area contributed by atoms with Gasteiger partial charge in [-0.2, -0.15) is 0 Å². The highest BCUT2D eigenvalue weighted by atomic mass is 16.4. The van der Waals surface area contributed by atoms with Crippen LogP contribution in [0.4, 0.5) is 17.1 Å². The van der Waals surface area contributed by atoms with Gasteiger partial charge in [0.25, 0.3) is 0 Å². The second kappa shape index (κ2) is 12.6. The molecule has 0 atom stereocenters. The maximum atomic E-state index is 6.32. The van der Waals surface area contributed by atoms with Crippen molar-refractivity contribution in [3.05, 3.63) is 194 Å². The molecular formula is C51H32N2O2. The average Bonchev–Trinajstić information content (AvgIpc) is 3.84. The summed E-state index contributed by atoms with van der Waals surface area (Å²) in [7, 11) is 0. The van der Waals surface area contributed by atoms with Gasteiger partial charge in [-0.1, -0.05) is 121 Å². The van der Waals surface area contributed by atoms with Gasteiger partial charge in [-0.3, -0.25) is 0 Å². The third kappa shape index (κ3) is 5.43. The second-order valence-electron chi connectivity index (χ2n) is 14.0. The van der Waals surface area contributed by atoms with Gasteiger partial charge in [-0.25, -0.2) is 4.98 Å². The summed E-state index contributed by atoms with van der Waals surface area (Å²) in [5, 5.41) is 7.01. The molecule has 2 aromatic heterocycles. The number of fused-ring (bicyclic) bond motifs is 7. The van der Waals surface area contributed by atoms with Gasteiger partial charge in [0.15, 0.2) is 5.58 Å². The van der Waals surface area contributed by atoms with Gasteiger partial charge in [0.2, 0.25) is 5.89 Å². The number of hydrogen-bond donors (Lipinski definition) is 0. The molecule has 11 aromatic rings. The van der Waals surface area contributed by atoms with Gasteiger partial charge in [0, 0.05) is 39.5 Å². The molecule has 0 fully saturated rings. The Kier molecular flexibility index (Phi) is 7.14. The maximum Gasteiger partial charge on any atom is 0.227 e. The monoisotopic (exact) mass is 704 g/mol. The van der Waals surface area contributed by atoms with Crippen molar-refractivity contribution < 1.29 is 8.83 Å². The normalized spacial score (nSPS) is 11.6. The third-order valence-electron chi connectivity index (χ3n) is 10.7. The first-order valence-corrected chi connectivity index (χ1v) is 18.5. The molecule has 0 aliphatic rings. The SMILES string of the molecule is c1ccc(-c2cccc(N(c3ccc(-c4ccc5oc6cc7nc(-c8ccccc8)oc7cc6c5c4)cc3)c3ccc4c(ccc5ccccc54)c3)c2)cc1. The Hall–Kier alpha value is -7.43. The molecular weight excluding hydrogens is 673 g/mol. The predicted octanol–water partition coefficient (Wildman–Crippen LogP) is 14.5. The Bertz CT molecular complexity index is 3200. The third-order valence-corrected chi connectivity index (χ3v) is 10.7. The van der Waals surface area contributed by atoms with Gasteiger partial charge in [0.05, 0.1) is 0 Å². The minimum Gasteiger partial charge on any atom is -0.456 e. The van der Waals surface area contributed by atoms with Gasteiger partial charge < -0.3 is 13.7 Å². The Morgan fingerprint density at radius 1 is 0.327 bits per heavy atom. The highest BCUT2D eigenvalue weighted by Crippen LogP contribution is 2.41. The molecule has 0 spiro atoms. The zero-order valence-corrected chi connectivity index (χ0v) is 29.7. The number of hydrogen-bond acceptors (Lipinski definition) is 4. The van der Waals surface area contributed by atoms with Crippen LogP contribution in [-0.2, 0) is 0 Å². The molecule has 258 valence electrons. The fraction of sp³-hybridized carbons (Fsp3) is 0. The molecule has 4 heteroatoms. The average molecular weight is 705 g/mol. The molecule has 0 saturated heterocycles. The van der Waals surface area contributed by atoms with Crippen LogP contribution in [0.15, 0.2) is 203 Å². The summed E-state index contributed by atoms with van der Waals surface area (Å²) in [5.41, 5.74) is 11.9. The van der Waals surface area contributed by atoms with Crippen molar-refractivity contribution in [3.63, 3.8) is 0 Å². The molecule has 0 aliphatic carbocycles. The van der Waals surface area contributed by atoms with Crippen molar-refractivity contribution in [2.75, 3.05) is 4.90 Å². The van der Waals surface area contributed by atoms with E-state index in [1.807, 2.05) is 36.4 Å². The van der Waals surface area contributed by atoms with Crippen molar-refractivity contribution in [2.24, 2.45) is 0 Å². The smallest absolute Gasteiger partial charge is 0.227 e. The largest absolute Gasteiger partial charge is 0.456 e. The first-order valence-electron chi connectivity index (χ1n) is 18.5. The quantitative estimate of drug-likeness (QED) is 0.162. The van der Waals surface area contributed by atoms with E-state index >= 15 is 0 Å². The van der Waals surface area contributed by atoms with E-state index in [1.54, 1.807) is 0 Å². The predicted molar refractivity (Wildman–Crippen MR) is 227 cm³/mol. The molecule has 4 nitrogen and oxygen atoms in total. The Morgan fingerprint density at radius 3 is 1.82 bits per heavy atom. The minimum atomic E-state index is 0.603. The zero-order valence-electron chi connectivity index (χ0n) is 29.7. The molecule has 55 heavy (non-hydrogen) atoms. The first-order chi connectivity index (χ1) is 27.2. The number of anilines is 3. The molecule has 0 N–H and O–H groups in total. The topological polar surface area (TPSA) is 42.4 Å². The summed E-state index contributed by atoms with van der Waals surface area (Å²) in [5.74, 6) is 0.603. The van der Waals surface area contributed by atoms with Crippen molar-refractivity contribution in [2.45, 2.75) is 0 Å². The summed E-state index contributed by atoms with van der Waals surface area (Å²) < 4.78 is 12.5. The van der Waals surface area contributed by atoms with E-state index in [2.05, 4.69) is 163 Å². The van der Waals surface area contributed by atoms with Crippen molar-refractivity contribution in [1.29, 1.82) is 0 Å². The minimum absolute atomic E-state index is 0.603. The Balaban J connectivity index is 0.995. The van der Waals surface area contributed by atoms with Gasteiger partial charge in [-0.05, 0) is 111 Å².